The number of nitro groups is 1. The number of nitro benzene ring substituents is 1. The highest BCUT2D eigenvalue weighted by molar-refractivity contribution is 7.93. The maximum absolute atomic E-state index is 12.5. The summed E-state index contributed by atoms with van der Waals surface area (Å²) < 4.78 is 61.4. The topological polar surface area (TPSA) is 89.3 Å². The van der Waals surface area contributed by atoms with Gasteiger partial charge < -0.3 is 0 Å². The van der Waals surface area contributed by atoms with E-state index in [1.54, 1.807) is 4.72 Å². The normalized spacial score (nSPS) is 12.2. The van der Waals surface area contributed by atoms with Crippen LogP contribution in [0.2, 0.25) is 0 Å². The Kier molecular flexibility index (Phi) is 4.25. The first-order valence-corrected chi connectivity index (χ1v) is 6.67. The highest BCUT2D eigenvalue weighted by Gasteiger charge is 2.33. The number of alkyl halides is 4. The first kappa shape index (κ1) is 15.5. The summed E-state index contributed by atoms with van der Waals surface area (Å²) in [7, 11) is -4.05. The fraction of sp³-hybridized carbons (Fsp3) is 0.250. The molecule has 11 heteroatoms. The largest absolute Gasteiger partial charge is 0.416 e. The highest BCUT2D eigenvalue weighted by Crippen LogP contribution is 2.34. The van der Waals surface area contributed by atoms with Crippen molar-refractivity contribution in [2.45, 2.75) is 6.18 Å². The monoisotopic (exact) mass is 318 g/mol. The van der Waals surface area contributed by atoms with Crippen LogP contribution < -0.4 is 4.72 Å². The predicted molar refractivity (Wildman–Crippen MR) is 61.4 cm³/mol. The Balaban J connectivity index is 3.33. The standard InChI is InChI=1S/C8H6ClF3N2O4S/c9-4-19(17,18)13-6-1-5(8(10,11)12)2-7(3-6)14(15)16/h1-3,13H,4H2. The second kappa shape index (κ2) is 5.21. The van der Waals surface area contributed by atoms with E-state index in [2.05, 4.69) is 0 Å². The van der Waals surface area contributed by atoms with Crippen molar-refractivity contribution in [3.05, 3.63) is 33.9 Å². The first-order chi connectivity index (χ1) is 8.55. The summed E-state index contributed by atoms with van der Waals surface area (Å²) in [5, 5.41) is 9.61. The molecule has 0 aliphatic carbocycles. The fourth-order valence-corrected chi connectivity index (χ4v) is 1.84. The van der Waals surface area contributed by atoms with Crippen molar-refractivity contribution in [1.82, 2.24) is 0 Å². The van der Waals surface area contributed by atoms with E-state index in [4.69, 9.17) is 11.6 Å². The van der Waals surface area contributed by atoms with Crippen LogP contribution >= 0.6 is 11.6 Å². The van der Waals surface area contributed by atoms with E-state index in [1.165, 1.54) is 0 Å². The van der Waals surface area contributed by atoms with Gasteiger partial charge >= 0.3 is 6.18 Å². The molecular formula is C8H6ClF3N2O4S. The minimum Gasteiger partial charge on any atom is -0.282 e. The minimum atomic E-state index is -4.84. The summed E-state index contributed by atoms with van der Waals surface area (Å²) in [6.07, 6.45) is -4.84. The number of nitrogens with zero attached hydrogens (tertiary/aromatic N) is 1. The van der Waals surface area contributed by atoms with E-state index in [0.29, 0.717) is 18.2 Å². The van der Waals surface area contributed by atoms with Crippen LogP contribution in [0.5, 0.6) is 0 Å². The molecular weight excluding hydrogens is 313 g/mol. The van der Waals surface area contributed by atoms with Gasteiger partial charge in [-0.1, -0.05) is 0 Å². The molecule has 0 amide bonds. The maximum atomic E-state index is 12.5. The van der Waals surface area contributed by atoms with Gasteiger partial charge in [0.15, 0.2) is 0 Å². The molecule has 1 N–H and O–H groups in total. The van der Waals surface area contributed by atoms with E-state index in [0.717, 1.165) is 0 Å². The third-order valence-corrected chi connectivity index (χ3v) is 3.57. The van der Waals surface area contributed by atoms with E-state index in [-0.39, 0.29) is 0 Å². The second-order valence-electron chi connectivity index (χ2n) is 3.35. The van der Waals surface area contributed by atoms with Crippen molar-refractivity contribution in [3.8, 4) is 0 Å². The molecule has 0 fully saturated rings. The Hall–Kier alpha value is -1.55. The van der Waals surface area contributed by atoms with Gasteiger partial charge in [0, 0.05) is 12.1 Å². The number of halogens is 4. The first-order valence-electron chi connectivity index (χ1n) is 4.48. The van der Waals surface area contributed by atoms with Crippen LogP contribution in [0.3, 0.4) is 0 Å². The average Bonchev–Trinajstić information content (AvgIpc) is 2.26. The van der Waals surface area contributed by atoms with E-state index < -0.39 is 43.3 Å². The Morgan fingerprint density at radius 3 is 2.32 bits per heavy atom. The van der Waals surface area contributed by atoms with E-state index in [1.807, 2.05) is 0 Å². The van der Waals surface area contributed by atoms with Gasteiger partial charge in [-0.15, -0.1) is 11.6 Å². The number of rotatable bonds is 4. The third kappa shape index (κ3) is 4.24. The lowest BCUT2D eigenvalue weighted by Gasteiger charge is -2.10. The molecule has 0 bridgehead atoms. The van der Waals surface area contributed by atoms with Crippen LogP contribution in [0.1, 0.15) is 5.56 Å². The molecule has 106 valence electrons. The number of anilines is 1. The van der Waals surface area contributed by atoms with Gasteiger partial charge in [-0.2, -0.15) is 13.2 Å². The Labute approximate surface area is 110 Å². The molecule has 0 aliphatic heterocycles. The molecule has 1 aromatic rings. The van der Waals surface area contributed by atoms with Crippen molar-refractivity contribution in [3.63, 3.8) is 0 Å². The molecule has 0 aliphatic rings. The van der Waals surface area contributed by atoms with Gasteiger partial charge in [0.25, 0.3) is 5.69 Å². The molecule has 0 saturated carbocycles. The molecule has 0 atom stereocenters. The molecule has 0 heterocycles. The third-order valence-electron chi connectivity index (χ3n) is 1.87. The van der Waals surface area contributed by atoms with Gasteiger partial charge in [0.2, 0.25) is 10.0 Å². The molecule has 0 unspecified atom stereocenters. The Morgan fingerprint density at radius 2 is 1.89 bits per heavy atom. The van der Waals surface area contributed by atoms with Crippen molar-refractivity contribution < 1.29 is 26.5 Å². The fourth-order valence-electron chi connectivity index (χ4n) is 1.15. The molecule has 0 radical (unpaired) electrons. The summed E-state index contributed by atoms with van der Waals surface area (Å²) in [4.78, 5) is 9.44. The van der Waals surface area contributed by atoms with Gasteiger partial charge in [-0.05, 0) is 6.07 Å². The summed E-state index contributed by atoms with van der Waals surface area (Å²) in [6, 6.07) is 1.41. The summed E-state index contributed by atoms with van der Waals surface area (Å²) in [6.45, 7) is 0. The lowest BCUT2D eigenvalue weighted by molar-refractivity contribution is -0.385. The lowest BCUT2D eigenvalue weighted by atomic mass is 10.1. The SMILES string of the molecule is O=[N+]([O-])c1cc(NS(=O)(=O)CCl)cc(C(F)(F)F)c1. The van der Waals surface area contributed by atoms with Crippen molar-refractivity contribution in [1.29, 1.82) is 0 Å². The number of sulfonamides is 1. The predicted octanol–water partition coefficient (Wildman–Crippen LogP) is 2.55. The van der Waals surface area contributed by atoms with Gasteiger partial charge in [0.05, 0.1) is 16.2 Å². The van der Waals surface area contributed by atoms with Crippen LogP contribution in [-0.4, -0.2) is 18.6 Å². The Bertz CT molecular complexity index is 603. The highest BCUT2D eigenvalue weighted by atomic mass is 35.5. The number of nitrogens with one attached hydrogen (secondary N) is 1. The summed E-state index contributed by atoms with van der Waals surface area (Å²) in [5.41, 5.74) is -2.81. The zero-order valence-corrected chi connectivity index (χ0v) is 10.5. The van der Waals surface area contributed by atoms with Gasteiger partial charge in [0.1, 0.15) is 5.21 Å². The summed E-state index contributed by atoms with van der Waals surface area (Å²) >= 11 is 5.07. The van der Waals surface area contributed by atoms with Crippen LogP contribution in [0.25, 0.3) is 0 Å². The minimum absolute atomic E-state index is 0.304. The van der Waals surface area contributed by atoms with E-state index >= 15 is 0 Å². The quantitative estimate of drug-likeness (QED) is 0.525. The molecule has 0 saturated heterocycles. The zero-order valence-electron chi connectivity index (χ0n) is 8.94. The molecule has 6 nitrogen and oxygen atoms in total. The van der Waals surface area contributed by atoms with Crippen LogP contribution in [-0.2, 0) is 16.2 Å². The summed E-state index contributed by atoms with van der Waals surface area (Å²) in [5.74, 6) is 0. The maximum Gasteiger partial charge on any atom is 0.416 e. The van der Waals surface area contributed by atoms with Gasteiger partial charge in [-0.25, -0.2) is 8.42 Å². The zero-order chi connectivity index (χ0) is 14.8. The van der Waals surface area contributed by atoms with Crippen LogP contribution in [0.4, 0.5) is 24.5 Å². The van der Waals surface area contributed by atoms with Crippen LogP contribution in [0.15, 0.2) is 18.2 Å². The van der Waals surface area contributed by atoms with Crippen LogP contribution in [0, 0.1) is 10.1 Å². The smallest absolute Gasteiger partial charge is 0.282 e. The van der Waals surface area contributed by atoms with Crippen molar-refractivity contribution in [2.24, 2.45) is 0 Å². The molecule has 19 heavy (non-hydrogen) atoms. The molecule has 1 rings (SSSR count). The molecule has 0 spiro atoms. The number of non-ortho nitro benzene ring substituents is 1. The van der Waals surface area contributed by atoms with Crippen molar-refractivity contribution >= 4 is 33.0 Å². The van der Waals surface area contributed by atoms with Crippen molar-refractivity contribution in [2.75, 3.05) is 9.93 Å². The average molecular weight is 319 g/mol. The van der Waals surface area contributed by atoms with E-state index in [9.17, 15) is 31.7 Å². The number of hydrogen-bond acceptors (Lipinski definition) is 4. The second-order valence-corrected chi connectivity index (χ2v) is 5.66. The van der Waals surface area contributed by atoms with Gasteiger partial charge in [-0.3, -0.25) is 14.8 Å². The lowest BCUT2D eigenvalue weighted by Crippen LogP contribution is -2.15. The molecule has 1 aromatic carbocycles. The Morgan fingerprint density at radius 1 is 1.32 bits per heavy atom. The number of hydrogen-bond donors (Lipinski definition) is 1. The number of benzene rings is 1. The molecule has 0 aromatic heterocycles.